The molecular weight excluding hydrogens is 326 g/mol. The van der Waals surface area contributed by atoms with Crippen LogP contribution >= 0.6 is 22.6 Å². The first-order chi connectivity index (χ1) is 7.15. The second-order valence-electron chi connectivity index (χ2n) is 2.86. The lowest BCUT2D eigenvalue weighted by atomic mass is 10.2. The summed E-state index contributed by atoms with van der Waals surface area (Å²) in [5, 5.41) is 0. The standard InChI is InChI=1S/C10H9FIO2Si/c11-9-6-7(12)2-3-8(9)10(13)14-4-1-5-15/h2-3,6H,1,4-5H2. The second-order valence-corrected chi connectivity index (χ2v) is 4.61. The van der Waals surface area contributed by atoms with Gasteiger partial charge in [0.15, 0.2) is 0 Å². The average Bonchev–Trinajstić information content (AvgIpc) is 2.17. The highest BCUT2D eigenvalue weighted by Crippen LogP contribution is 2.13. The number of carbonyl (C=O) groups excluding carboxylic acids is 1. The third-order valence-electron chi connectivity index (χ3n) is 1.71. The van der Waals surface area contributed by atoms with E-state index in [9.17, 15) is 9.18 Å². The van der Waals surface area contributed by atoms with Crippen LogP contribution in [-0.2, 0) is 4.74 Å². The van der Waals surface area contributed by atoms with E-state index >= 15 is 0 Å². The van der Waals surface area contributed by atoms with E-state index in [4.69, 9.17) is 4.74 Å². The molecule has 0 aliphatic rings. The van der Waals surface area contributed by atoms with Crippen LogP contribution in [0, 0.1) is 9.39 Å². The van der Waals surface area contributed by atoms with Crippen molar-refractivity contribution < 1.29 is 13.9 Å². The first-order valence-corrected chi connectivity index (χ1v) is 6.20. The molecule has 0 unspecified atom stereocenters. The highest BCUT2D eigenvalue weighted by molar-refractivity contribution is 14.1. The van der Waals surface area contributed by atoms with Crippen LogP contribution in [0.25, 0.3) is 0 Å². The van der Waals surface area contributed by atoms with Gasteiger partial charge in [-0.05, 0) is 47.2 Å². The van der Waals surface area contributed by atoms with Crippen LogP contribution in [0.4, 0.5) is 4.39 Å². The summed E-state index contributed by atoms with van der Waals surface area (Å²) in [5.41, 5.74) is -0.00984. The van der Waals surface area contributed by atoms with Gasteiger partial charge in [-0.2, -0.15) is 0 Å². The van der Waals surface area contributed by atoms with E-state index in [1.807, 2.05) is 22.6 Å². The van der Waals surface area contributed by atoms with Crippen LogP contribution in [0.3, 0.4) is 0 Å². The molecule has 0 saturated carbocycles. The van der Waals surface area contributed by atoms with Crippen molar-refractivity contribution in [3.05, 3.63) is 33.1 Å². The summed E-state index contributed by atoms with van der Waals surface area (Å²) < 4.78 is 18.9. The molecule has 0 saturated heterocycles. The van der Waals surface area contributed by atoms with Crippen molar-refractivity contribution >= 4 is 38.8 Å². The molecule has 0 aliphatic carbocycles. The maximum atomic E-state index is 13.3. The Bertz CT molecular complexity index is 357. The van der Waals surface area contributed by atoms with Crippen molar-refractivity contribution in [1.29, 1.82) is 0 Å². The molecule has 0 bridgehead atoms. The molecule has 79 valence electrons. The highest BCUT2D eigenvalue weighted by atomic mass is 127. The van der Waals surface area contributed by atoms with Gasteiger partial charge >= 0.3 is 5.97 Å². The third-order valence-corrected chi connectivity index (χ3v) is 2.73. The molecule has 5 heteroatoms. The maximum Gasteiger partial charge on any atom is 0.341 e. The van der Waals surface area contributed by atoms with Crippen molar-refractivity contribution in [2.75, 3.05) is 6.61 Å². The first kappa shape index (κ1) is 12.6. The Morgan fingerprint density at radius 1 is 1.53 bits per heavy atom. The lowest BCUT2D eigenvalue weighted by Crippen LogP contribution is -2.08. The Balaban J connectivity index is 2.65. The summed E-state index contributed by atoms with van der Waals surface area (Å²) in [5.74, 6) is -1.14. The topological polar surface area (TPSA) is 26.3 Å². The van der Waals surface area contributed by atoms with Gasteiger partial charge in [0.1, 0.15) is 5.82 Å². The fraction of sp³-hybridized carbons (Fsp3) is 0.300. The lowest BCUT2D eigenvalue weighted by molar-refractivity contribution is 0.0500. The summed E-state index contributed by atoms with van der Waals surface area (Å²) in [4.78, 5) is 11.4. The van der Waals surface area contributed by atoms with Gasteiger partial charge in [-0.1, -0.05) is 6.04 Å². The second kappa shape index (κ2) is 6.22. The van der Waals surface area contributed by atoms with Crippen molar-refractivity contribution in [3.8, 4) is 0 Å². The quantitative estimate of drug-likeness (QED) is 0.366. The fourth-order valence-electron chi connectivity index (χ4n) is 0.970. The van der Waals surface area contributed by atoms with E-state index in [1.165, 1.54) is 12.1 Å². The molecule has 0 heterocycles. The predicted octanol–water partition coefficient (Wildman–Crippen LogP) is 2.56. The van der Waals surface area contributed by atoms with Crippen molar-refractivity contribution in [1.82, 2.24) is 0 Å². The van der Waals surface area contributed by atoms with Crippen molar-refractivity contribution in [2.45, 2.75) is 12.5 Å². The largest absolute Gasteiger partial charge is 0.462 e. The van der Waals surface area contributed by atoms with Crippen molar-refractivity contribution in [3.63, 3.8) is 0 Å². The molecule has 0 aromatic heterocycles. The van der Waals surface area contributed by atoms with Gasteiger partial charge < -0.3 is 4.74 Å². The number of esters is 1. The smallest absolute Gasteiger partial charge is 0.341 e. The molecule has 0 amide bonds. The number of benzene rings is 1. The van der Waals surface area contributed by atoms with Gasteiger partial charge in [0.2, 0.25) is 0 Å². The van der Waals surface area contributed by atoms with E-state index in [2.05, 4.69) is 10.2 Å². The van der Waals surface area contributed by atoms with Gasteiger partial charge in [-0.25, -0.2) is 9.18 Å². The summed E-state index contributed by atoms with van der Waals surface area (Å²) in [6, 6.07) is 5.17. The van der Waals surface area contributed by atoms with Gasteiger partial charge in [-0.3, -0.25) is 0 Å². The van der Waals surface area contributed by atoms with Crippen LogP contribution in [0.5, 0.6) is 0 Å². The molecule has 0 atom stereocenters. The molecule has 15 heavy (non-hydrogen) atoms. The number of hydrogen-bond donors (Lipinski definition) is 0. The number of halogens is 2. The Morgan fingerprint density at radius 3 is 2.87 bits per heavy atom. The summed E-state index contributed by atoms with van der Waals surface area (Å²) >= 11 is 1.98. The van der Waals surface area contributed by atoms with Crippen LogP contribution < -0.4 is 0 Å². The number of ether oxygens (including phenoxy) is 1. The molecular formula is C10H9FIO2Si. The summed E-state index contributed by atoms with van der Waals surface area (Å²) in [6.07, 6.45) is 0.717. The molecule has 1 aromatic carbocycles. The molecule has 0 spiro atoms. The van der Waals surface area contributed by atoms with Crippen LogP contribution in [0.2, 0.25) is 6.04 Å². The molecule has 0 aliphatic heterocycles. The van der Waals surface area contributed by atoms with Gasteiger partial charge in [0, 0.05) is 13.8 Å². The molecule has 3 radical (unpaired) electrons. The lowest BCUT2D eigenvalue weighted by Gasteiger charge is -2.04. The predicted molar refractivity (Wildman–Crippen MR) is 64.6 cm³/mol. The minimum absolute atomic E-state index is 0.00984. The van der Waals surface area contributed by atoms with E-state index in [1.54, 1.807) is 6.07 Å². The minimum atomic E-state index is -0.607. The van der Waals surface area contributed by atoms with Crippen LogP contribution in [0.15, 0.2) is 18.2 Å². The SMILES string of the molecule is O=C(OCCC[Si])c1ccc(I)cc1F. The van der Waals surface area contributed by atoms with E-state index in [0.29, 0.717) is 13.0 Å². The van der Waals surface area contributed by atoms with E-state index < -0.39 is 11.8 Å². The number of rotatable bonds is 4. The minimum Gasteiger partial charge on any atom is -0.462 e. The molecule has 1 rings (SSSR count). The normalized spacial score (nSPS) is 10.1. The monoisotopic (exact) mass is 335 g/mol. The van der Waals surface area contributed by atoms with Gasteiger partial charge in [-0.15, -0.1) is 0 Å². The molecule has 1 aromatic rings. The first-order valence-electron chi connectivity index (χ1n) is 4.42. The maximum absolute atomic E-state index is 13.3. The molecule has 0 fully saturated rings. The van der Waals surface area contributed by atoms with Gasteiger partial charge in [0.25, 0.3) is 0 Å². The zero-order chi connectivity index (χ0) is 11.3. The Morgan fingerprint density at radius 2 is 2.27 bits per heavy atom. The summed E-state index contributed by atoms with van der Waals surface area (Å²) in [6.45, 7) is 0.299. The fourth-order valence-corrected chi connectivity index (χ4v) is 1.57. The van der Waals surface area contributed by atoms with Crippen LogP contribution in [-0.4, -0.2) is 22.8 Å². The third kappa shape index (κ3) is 3.90. The molecule has 0 N–H and O–H groups in total. The number of hydrogen-bond acceptors (Lipinski definition) is 2. The van der Waals surface area contributed by atoms with E-state index in [-0.39, 0.29) is 5.56 Å². The van der Waals surface area contributed by atoms with Crippen LogP contribution in [0.1, 0.15) is 16.8 Å². The Hall–Kier alpha value is -0.433. The van der Waals surface area contributed by atoms with E-state index in [0.717, 1.165) is 9.61 Å². The Kier molecular flexibility index (Phi) is 5.24. The Labute approximate surface area is 105 Å². The average molecular weight is 335 g/mol. The van der Waals surface area contributed by atoms with Gasteiger partial charge in [0.05, 0.1) is 12.2 Å². The molecule has 2 nitrogen and oxygen atoms in total. The zero-order valence-corrected chi connectivity index (χ0v) is 11.1. The zero-order valence-electron chi connectivity index (χ0n) is 7.93. The number of carbonyl (C=O) groups is 1. The van der Waals surface area contributed by atoms with Crippen molar-refractivity contribution in [2.24, 2.45) is 0 Å². The highest BCUT2D eigenvalue weighted by Gasteiger charge is 2.12. The summed E-state index contributed by atoms with van der Waals surface area (Å²) in [7, 11) is 3.26.